The lowest BCUT2D eigenvalue weighted by atomic mass is 10.0. The van der Waals surface area contributed by atoms with Crippen molar-refractivity contribution in [2.24, 2.45) is 10.7 Å². The number of rotatable bonds is 13. The normalized spacial score (nSPS) is 12.7. The molecule has 0 aliphatic rings. The summed E-state index contributed by atoms with van der Waals surface area (Å²) in [5.74, 6) is 0. The van der Waals surface area contributed by atoms with Gasteiger partial charge in [-0.3, -0.25) is 4.99 Å². The molecule has 1 atom stereocenters. The highest BCUT2D eigenvalue weighted by Crippen LogP contribution is 2.19. The predicted octanol–water partition coefficient (Wildman–Crippen LogP) is 6.38. The Balaban J connectivity index is 1.76. The predicted molar refractivity (Wildman–Crippen MR) is 132 cm³/mol. The van der Waals surface area contributed by atoms with Crippen molar-refractivity contribution >= 4 is 29.4 Å². The summed E-state index contributed by atoms with van der Waals surface area (Å²) in [4.78, 5) is 7.05. The molecule has 0 amide bonds. The summed E-state index contributed by atoms with van der Waals surface area (Å²) < 4.78 is 0. The van der Waals surface area contributed by atoms with Crippen LogP contribution >= 0.6 is 23.2 Å². The number of benzene rings is 2. The van der Waals surface area contributed by atoms with E-state index in [4.69, 9.17) is 28.9 Å². The highest BCUT2D eigenvalue weighted by molar-refractivity contribution is 6.36. The Bertz CT molecular complexity index is 768. The molecule has 0 aromatic heterocycles. The third-order valence-corrected chi connectivity index (χ3v) is 5.68. The van der Waals surface area contributed by atoms with E-state index in [9.17, 15) is 0 Å². The van der Waals surface area contributed by atoms with Crippen LogP contribution in [0.2, 0.25) is 10.0 Å². The van der Waals surface area contributed by atoms with Crippen molar-refractivity contribution in [3.8, 4) is 0 Å². The lowest BCUT2D eigenvalue weighted by Gasteiger charge is -2.21. The molecular weight excluding hydrogens is 413 g/mol. The average molecular weight is 448 g/mol. The van der Waals surface area contributed by atoms with E-state index in [1.807, 2.05) is 12.1 Å². The molecule has 1 unspecified atom stereocenters. The maximum atomic E-state index is 6.38. The molecule has 0 saturated carbocycles. The van der Waals surface area contributed by atoms with E-state index in [0.29, 0.717) is 16.6 Å². The molecule has 2 aromatic rings. The third-order valence-electron chi connectivity index (χ3n) is 5.12. The summed E-state index contributed by atoms with van der Waals surface area (Å²) in [6, 6.07) is 14.2. The molecule has 0 bridgehead atoms. The third kappa shape index (κ3) is 9.18. The second-order valence-corrected chi connectivity index (χ2v) is 8.74. The first-order chi connectivity index (χ1) is 14.5. The van der Waals surface area contributed by atoms with Crippen molar-refractivity contribution in [3.05, 3.63) is 69.2 Å². The van der Waals surface area contributed by atoms with Gasteiger partial charge in [0.2, 0.25) is 0 Å². The number of halogens is 2. The van der Waals surface area contributed by atoms with Crippen molar-refractivity contribution in [1.29, 1.82) is 0 Å². The molecule has 0 spiro atoms. The van der Waals surface area contributed by atoms with E-state index in [1.165, 1.54) is 43.5 Å². The Labute approximate surface area is 192 Å². The molecule has 2 aromatic carbocycles. The fourth-order valence-corrected chi connectivity index (χ4v) is 4.04. The van der Waals surface area contributed by atoms with Crippen molar-refractivity contribution in [3.63, 3.8) is 0 Å². The maximum Gasteiger partial charge on any atom is 0.0639 e. The molecule has 0 fully saturated rings. The van der Waals surface area contributed by atoms with Crippen molar-refractivity contribution in [2.75, 3.05) is 19.6 Å². The molecule has 2 N–H and O–H groups in total. The first-order valence-electron chi connectivity index (χ1n) is 11.0. The van der Waals surface area contributed by atoms with Crippen LogP contribution in [0.4, 0.5) is 0 Å². The van der Waals surface area contributed by atoms with Gasteiger partial charge in [-0.05, 0) is 75.0 Å². The van der Waals surface area contributed by atoms with Crippen molar-refractivity contribution in [1.82, 2.24) is 4.90 Å². The smallest absolute Gasteiger partial charge is 0.0639 e. The van der Waals surface area contributed by atoms with Crippen molar-refractivity contribution < 1.29 is 0 Å². The second kappa shape index (κ2) is 13.8. The van der Waals surface area contributed by atoms with Gasteiger partial charge < -0.3 is 10.6 Å². The van der Waals surface area contributed by atoms with Gasteiger partial charge in [0.1, 0.15) is 0 Å². The van der Waals surface area contributed by atoms with Gasteiger partial charge in [0.05, 0.1) is 11.6 Å². The van der Waals surface area contributed by atoms with Gasteiger partial charge >= 0.3 is 0 Å². The minimum atomic E-state index is 0.214. The van der Waals surface area contributed by atoms with E-state index in [0.717, 1.165) is 24.9 Å². The molecule has 3 nitrogen and oxygen atoms in total. The maximum absolute atomic E-state index is 6.38. The number of nitrogens with two attached hydrogens (primary N) is 1. The second-order valence-electron chi connectivity index (χ2n) is 7.90. The zero-order valence-electron chi connectivity index (χ0n) is 18.3. The monoisotopic (exact) mass is 447 g/mol. The molecule has 164 valence electrons. The Hall–Kier alpha value is -1.39. The highest BCUT2D eigenvalue weighted by atomic mass is 35.5. The SMILES string of the molecule is CCCN(CCC)CCCC(N)Cc1ccc(CN=Cc2ccc(Cl)cc2Cl)cc1. The highest BCUT2D eigenvalue weighted by Gasteiger charge is 2.07. The number of hydrogen-bond acceptors (Lipinski definition) is 3. The molecule has 0 radical (unpaired) electrons. The van der Waals surface area contributed by atoms with E-state index in [-0.39, 0.29) is 6.04 Å². The van der Waals surface area contributed by atoms with E-state index >= 15 is 0 Å². The summed E-state index contributed by atoms with van der Waals surface area (Å²) >= 11 is 12.1. The summed E-state index contributed by atoms with van der Waals surface area (Å²) in [5, 5.41) is 1.24. The molecule has 0 aliphatic carbocycles. The average Bonchev–Trinajstić information content (AvgIpc) is 2.71. The Morgan fingerprint density at radius 3 is 2.27 bits per heavy atom. The topological polar surface area (TPSA) is 41.6 Å². The summed E-state index contributed by atoms with van der Waals surface area (Å²) in [6.07, 6.45) is 7.39. The van der Waals surface area contributed by atoms with Crippen LogP contribution in [0.25, 0.3) is 0 Å². The van der Waals surface area contributed by atoms with Crippen LogP contribution in [0, 0.1) is 0 Å². The lowest BCUT2D eigenvalue weighted by molar-refractivity contribution is 0.266. The largest absolute Gasteiger partial charge is 0.327 e. The number of hydrogen-bond donors (Lipinski definition) is 1. The van der Waals surface area contributed by atoms with Gasteiger partial charge in [0.25, 0.3) is 0 Å². The van der Waals surface area contributed by atoms with Crippen LogP contribution in [-0.2, 0) is 13.0 Å². The molecular formula is C25H35Cl2N3. The van der Waals surface area contributed by atoms with E-state index in [1.54, 1.807) is 12.3 Å². The van der Waals surface area contributed by atoms with E-state index < -0.39 is 0 Å². The molecule has 30 heavy (non-hydrogen) atoms. The van der Waals surface area contributed by atoms with Gasteiger partial charge in [-0.15, -0.1) is 0 Å². The fourth-order valence-electron chi connectivity index (χ4n) is 3.59. The van der Waals surface area contributed by atoms with Gasteiger partial charge in [-0.25, -0.2) is 0 Å². The Morgan fingerprint density at radius 2 is 1.63 bits per heavy atom. The number of aliphatic imine (C=N–C) groups is 1. The molecule has 0 heterocycles. The standard InChI is InChI=1S/C25H35Cl2N3/c1-3-13-30(14-4-2)15-5-6-24(28)16-20-7-9-21(10-8-20)18-29-19-22-11-12-23(26)17-25(22)27/h7-12,17,19,24H,3-6,13-16,18,28H2,1-2H3. The summed E-state index contributed by atoms with van der Waals surface area (Å²) in [7, 11) is 0. The van der Waals surface area contributed by atoms with Crippen LogP contribution in [-0.4, -0.2) is 36.8 Å². The molecule has 0 aliphatic heterocycles. The Kier molecular flexibility index (Phi) is 11.5. The summed E-state index contributed by atoms with van der Waals surface area (Å²) in [5.41, 5.74) is 9.72. The lowest BCUT2D eigenvalue weighted by Crippen LogP contribution is -2.29. The molecule has 2 rings (SSSR count). The first kappa shape index (κ1) is 24.9. The van der Waals surface area contributed by atoms with Crippen LogP contribution in [0.3, 0.4) is 0 Å². The van der Waals surface area contributed by atoms with Gasteiger partial charge in [-0.2, -0.15) is 0 Å². The van der Waals surface area contributed by atoms with Gasteiger partial charge in [0.15, 0.2) is 0 Å². The quantitative estimate of drug-likeness (QED) is 0.361. The fraction of sp³-hybridized carbons (Fsp3) is 0.480. The zero-order valence-corrected chi connectivity index (χ0v) is 19.8. The minimum absolute atomic E-state index is 0.214. The minimum Gasteiger partial charge on any atom is -0.327 e. The van der Waals surface area contributed by atoms with Crippen LogP contribution in [0.15, 0.2) is 47.5 Å². The van der Waals surface area contributed by atoms with Crippen LogP contribution in [0.5, 0.6) is 0 Å². The molecule has 0 saturated heterocycles. The van der Waals surface area contributed by atoms with Gasteiger partial charge in [-0.1, -0.05) is 67.4 Å². The molecule has 5 heteroatoms. The zero-order chi connectivity index (χ0) is 21.8. The van der Waals surface area contributed by atoms with E-state index in [2.05, 4.69) is 48.0 Å². The Morgan fingerprint density at radius 1 is 0.967 bits per heavy atom. The van der Waals surface area contributed by atoms with Crippen LogP contribution in [0.1, 0.15) is 56.2 Å². The first-order valence-corrected chi connectivity index (χ1v) is 11.8. The number of nitrogens with zero attached hydrogens (tertiary/aromatic N) is 2. The summed E-state index contributed by atoms with van der Waals surface area (Å²) in [6.45, 7) is 8.65. The van der Waals surface area contributed by atoms with Crippen LogP contribution < -0.4 is 5.73 Å². The van der Waals surface area contributed by atoms with Crippen molar-refractivity contribution in [2.45, 2.75) is 58.5 Å². The van der Waals surface area contributed by atoms with Gasteiger partial charge in [0, 0.05) is 22.8 Å².